The van der Waals surface area contributed by atoms with E-state index in [2.05, 4.69) is 4.98 Å². The number of aromatic nitrogens is 1. The topological polar surface area (TPSA) is 53.5 Å². The molecule has 9 heteroatoms. The SMILES string of the molecule is CC(C)[C@H]1C(=O)N(c2ncc(Cl)cc2F)CC(=O)N1Cc1ccc(C(C)(F)F)cc1. The van der Waals surface area contributed by atoms with Crippen molar-refractivity contribution in [3.8, 4) is 0 Å². The fourth-order valence-electron chi connectivity index (χ4n) is 3.47. The Morgan fingerprint density at radius 1 is 1.23 bits per heavy atom. The molecular formula is C21H21ClF3N3O2. The van der Waals surface area contributed by atoms with E-state index in [1.54, 1.807) is 13.8 Å². The summed E-state index contributed by atoms with van der Waals surface area (Å²) >= 11 is 5.72. The first-order valence-electron chi connectivity index (χ1n) is 9.38. The molecule has 5 nitrogen and oxygen atoms in total. The normalized spacial score (nSPS) is 17.8. The quantitative estimate of drug-likeness (QED) is 0.694. The first-order valence-corrected chi connectivity index (χ1v) is 9.76. The predicted molar refractivity (Wildman–Crippen MR) is 107 cm³/mol. The van der Waals surface area contributed by atoms with Crippen LogP contribution in [0.4, 0.5) is 19.0 Å². The molecule has 160 valence electrons. The van der Waals surface area contributed by atoms with E-state index in [1.807, 2.05) is 0 Å². The maximum absolute atomic E-state index is 14.3. The number of hydrogen-bond donors (Lipinski definition) is 0. The molecule has 1 saturated heterocycles. The minimum absolute atomic E-state index is 0.0767. The Hall–Kier alpha value is -2.61. The summed E-state index contributed by atoms with van der Waals surface area (Å²) in [5.74, 6) is -5.14. The van der Waals surface area contributed by atoms with Crippen molar-refractivity contribution >= 4 is 29.2 Å². The zero-order chi connectivity index (χ0) is 22.2. The van der Waals surface area contributed by atoms with Crippen LogP contribution in [0.2, 0.25) is 5.02 Å². The summed E-state index contributed by atoms with van der Waals surface area (Å²) in [6.45, 7) is 4.06. The number of benzene rings is 1. The number of halogens is 4. The second-order valence-corrected chi connectivity index (χ2v) is 8.12. The Balaban J connectivity index is 1.88. The molecule has 1 aromatic heterocycles. The van der Waals surface area contributed by atoms with Gasteiger partial charge in [-0.25, -0.2) is 18.2 Å². The lowest BCUT2D eigenvalue weighted by Gasteiger charge is -2.41. The first kappa shape index (κ1) is 22.1. The van der Waals surface area contributed by atoms with Crippen molar-refractivity contribution in [3.63, 3.8) is 0 Å². The van der Waals surface area contributed by atoms with Gasteiger partial charge in [0, 0.05) is 25.2 Å². The zero-order valence-electron chi connectivity index (χ0n) is 16.7. The molecular weight excluding hydrogens is 419 g/mol. The van der Waals surface area contributed by atoms with E-state index in [4.69, 9.17) is 11.6 Å². The maximum atomic E-state index is 14.3. The molecule has 0 aliphatic carbocycles. The number of nitrogens with zero attached hydrogens (tertiary/aromatic N) is 3. The van der Waals surface area contributed by atoms with Gasteiger partial charge in [-0.2, -0.15) is 0 Å². The number of piperazine rings is 1. The van der Waals surface area contributed by atoms with Gasteiger partial charge in [-0.3, -0.25) is 14.5 Å². The van der Waals surface area contributed by atoms with E-state index in [1.165, 1.54) is 35.4 Å². The van der Waals surface area contributed by atoms with Crippen LogP contribution in [0.25, 0.3) is 0 Å². The summed E-state index contributed by atoms with van der Waals surface area (Å²) in [6.07, 6.45) is 1.21. The van der Waals surface area contributed by atoms with Crippen LogP contribution in [0, 0.1) is 11.7 Å². The van der Waals surface area contributed by atoms with Crippen LogP contribution in [-0.2, 0) is 22.1 Å². The summed E-state index contributed by atoms with van der Waals surface area (Å²) in [5.41, 5.74) is 0.474. The Kier molecular flexibility index (Phi) is 6.08. The predicted octanol–water partition coefficient (Wildman–Crippen LogP) is 4.39. The summed E-state index contributed by atoms with van der Waals surface area (Å²) < 4.78 is 41.2. The number of hydrogen-bond acceptors (Lipinski definition) is 3. The van der Waals surface area contributed by atoms with E-state index in [-0.39, 0.29) is 35.4 Å². The Labute approximate surface area is 177 Å². The van der Waals surface area contributed by atoms with Crippen LogP contribution < -0.4 is 4.90 Å². The van der Waals surface area contributed by atoms with Crippen molar-refractivity contribution in [2.75, 3.05) is 11.4 Å². The lowest BCUT2D eigenvalue weighted by molar-refractivity contribution is -0.145. The Morgan fingerprint density at radius 2 is 1.87 bits per heavy atom. The van der Waals surface area contributed by atoms with Gasteiger partial charge in [0.25, 0.3) is 11.8 Å². The highest BCUT2D eigenvalue weighted by atomic mass is 35.5. The molecule has 0 unspecified atom stereocenters. The standard InChI is InChI=1S/C21H21ClF3N3O2/c1-12(2)18-20(30)28(19-16(23)8-15(22)9-26-19)11-17(29)27(18)10-13-4-6-14(7-5-13)21(3,24)25/h4-9,12,18H,10-11H2,1-3H3/t18-/m0/s1. The number of carbonyl (C=O) groups is 2. The lowest BCUT2D eigenvalue weighted by Crippen LogP contribution is -2.61. The van der Waals surface area contributed by atoms with Crippen LogP contribution in [0.3, 0.4) is 0 Å². The molecule has 2 heterocycles. The molecule has 0 bridgehead atoms. The van der Waals surface area contributed by atoms with E-state index in [0.717, 1.165) is 17.9 Å². The largest absolute Gasteiger partial charge is 0.325 e. The molecule has 0 spiro atoms. The third-order valence-electron chi connectivity index (χ3n) is 4.96. The first-order chi connectivity index (χ1) is 14.0. The number of anilines is 1. The average Bonchev–Trinajstić information content (AvgIpc) is 2.64. The summed E-state index contributed by atoms with van der Waals surface area (Å²) in [7, 11) is 0. The van der Waals surface area contributed by atoms with Crippen LogP contribution in [0.1, 0.15) is 31.9 Å². The minimum Gasteiger partial charge on any atom is -0.325 e. The molecule has 1 atom stereocenters. The van der Waals surface area contributed by atoms with Crippen LogP contribution >= 0.6 is 11.6 Å². The number of alkyl halides is 2. The molecule has 3 rings (SSSR count). The number of pyridine rings is 1. The van der Waals surface area contributed by atoms with Crippen molar-refractivity contribution in [1.29, 1.82) is 0 Å². The molecule has 1 aliphatic heterocycles. The van der Waals surface area contributed by atoms with Gasteiger partial charge in [-0.1, -0.05) is 49.7 Å². The van der Waals surface area contributed by atoms with Crippen LogP contribution in [0.15, 0.2) is 36.5 Å². The highest BCUT2D eigenvalue weighted by molar-refractivity contribution is 6.30. The van der Waals surface area contributed by atoms with Crippen molar-refractivity contribution in [2.24, 2.45) is 5.92 Å². The van der Waals surface area contributed by atoms with E-state index in [0.29, 0.717) is 5.56 Å². The van der Waals surface area contributed by atoms with Crippen molar-refractivity contribution in [2.45, 2.75) is 39.3 Å². The Morgan fingerprint density at radius 3 is 2.40 bits per heavy atom. The summed E-state index contributed by atoms with van der Waals surface area (Å²) in [4.78, 5) is 32.3. The Bertz CT molecular complexity index is 961. The van der Waals surface area contributed by atoms with Crippen molar-refractivity contribution < 1.29 is 22.8 Å². The number of amides is 2. The fraction of sp³-hybridized carbons (Fsp3) is 0.381. The third-order valence-corrected chi connectivity index (χ3v) is 5.16. The summed E-state index contributed by atoms with van der Waals surface area (Å²) in [5, 5.41) is 0.0789. The molecule has 0 N–H and O–H groups in total. The molecule has 1 aliphatic rings. The molecule has 0 saturated carbocycles. The van der Waals surface area contributed by atoms with Gasteiger partial charge in [-0.15, -0.1) is 0 Å². The highest BCUT2D eigenvalue weighted by Crippen LogP contribution is 2.29. The number of carbonyl (C=O) groups excluding carboxylic acids is 2. The van der Waals surface area contributed by atoms with Gasteiger partial charge in [0.2, 0.25) is 5.91 Å². The second kappa shape index (κ2) is 8.26. The maximum Gasteiger partial charge on any atom is 0.270 e. The lowest BCUT2D eigenvalue weighted by atomic mass is 9.97. The molecule has 2 aromatic rings. The van der Waals surface area contributed by atoms with Crippen molar-refractivity contribution in [3.05, 3.63) is 58.5 Å². The molecule has 1 aromatic carbocycles. The van der Waals surface area contributed by atoms with Gasteiger partial charge in [-0.05, 0) is 17.5 Å². The second-order valence-electron chi connectivity index (χ2n) is 7.68. The smallest absolute Gasteiger partial charge is 0.270 e. The van der Waals surface area contributed by atoms with Gasteiger partial charge < -0.3 is 4.90 Å². The summed E-state index contributed by atoms with van der Waals surface area (Å²) in [6, 6.07) is 5.80. The molecule has 2 amide bonds. The van der Waals surface area contributed by atoms with Gasteiger partial charge in [0.15, 0.2) is 11.6 Å². The van der Waals surface area contributed by atoms with Crippen LogP contribution in [0.5, 0.6) is 0 Å². The molecule has 0 radical (unpaired) electrons. The molecule has 1 fully saturated rings. The van der Waals surface area contributed by atoms with E-state index in [9.17, 15) is 22.8 Å². The fourth-order valence-corrected chi connectivity index (χ4v) is 3.61. The van der Waals surface area contributed by atoms with E-state index >= 15 is 0 Å². The van der Waals surface area contributed by atoms with Gasteiger partial charge >= 0.3 is 0 Å². The van der Waals surface area contributed by atoms with Gasteiger partial charge in [0.05, 0.1) is 5.02 Å². The zero-order valence-corrected chi connectivity index (χ0v) is 17.5. The van der Waals surface area contributed by atoms with Crippen molar-refractivity contribution in [1.82, 2.24) is 9.88 Å². The van der Waals surface area contributed by atoms with Crippen LogP contribution in [-0.4, -0.2) is 34.3 Å². The van der Waals surface area contributed by atoms with Gasteiger partial charge in [0.1, 0.15) is 12.6 Å². The molecule has 30 heavy (non-hydrogen) atoms. The third kappa shape index (κ3) is 4.43. The monoisotopic (exact) mass is 439 g/mol. The minimum atomic E-state index is -2.97. The van der Waals surface area contributed by atoms with E-state index < -0.39 is 29.6 Å². The highest BCUT2D eigenvalue weighted by Gasteiger charge is 2.42. The number of rotatable bonds is 5. The average molecular weight is 440 g/mol.